The molecule has 168 valence electrons. The van der Waals surface area contributed by atoms with E-state index in [0.717, 1.165) is 18.4 Å². The molecule has 0 saturated carbocycles. The summed E-state index contributed by atoms with van der Waals surface area (Å²) in [6.07, 6.45) is 4.00. The molecule has 2 amide bonds. The van der Waals surface area contributed by atoms with Crippen molar-refractivity contribution in [2.24, 2.45) is 11.7 Å². The number of fused-ring (bicyclic) bond motifs is 1. The number of hydrogen-bond donors (Lipinski definition) is 1. The van der Waals surface area contributed by atoms with Crippen LogP contribution in [0.25, 0.3) is 11.0 Å². The fourth-order valence-electron chi connectivity index (χ4n) is 4.31. The van der Waals surface area contributed by atoms with Gasteiger partial charge in [-0.1, -0.05) is 5.21 Å². The lowest BCUT2D eigenvalue weighted by molar-refractivity contribution is -0.135. The van der Waals surface area contributed by atoms with Gasteiger partial charge in [-0.15, -0.1) is 5.10 Å². The van der Waals surface area contributed by atoms with Crippen molar-refractivity contribution in [1.82, 2.24) is 24.2 Å². The van der Waals surface area contributed by atoms with Gasteiger partial charge in [0.15, 0.2) is 0 Å². The van der Waals surface area contributed by atoms with Crippen LogP contribution in [-0.4, -0.2) is 70.6 Å². The highest BCUT2D eigenvalue weighted by Gasteiger charge is 2.28. The van der Waals surface area contributed by atoms with E-state index in [2.05, 4.69) is 10.3 Å². The lowest BCUT2D eigenvalue weighted by Gasteiger charge is -2.30. The highest BCUT2D eigenvalue weighted by Crippen LogP contribution is 2.24. The number of amides is 2. The largest absolute Gasteiger partial charge is 0.369 e. The van der Waals surface area contributed by atoms with E-state index in [1.165, 1.54) is 4.31 Å². The van der Waals surface area contributed by atoms with Gasteiger partial charge < -0.3 is 10.6 Å². The van der Waals surface area contributed by atoms with E-state index in [1.54, 1.807) is 27.8 Å². The molecule has 0 spiro atoms. The van der Waals surface area contributed by atoms with Crippen LogP contribution in [0.3, 0.4) is 0 Å². The number of rotatable bonds is 7. The van der Waals surface area contributed by atoms with Gasteiger partial charge in [0, 0.05) is 45.1 Å². The number of sulfonamides is 1. The number of nitrogens with zero attached hydrogens (tertiary/aromatic N) is 5. The van der Waals surface area contributed by atoms with Crippen LogP contribution >= 0.6 is 0 Å². The van der Waals surface area contributed by atoms with Gasteiger partial charge >= 0.3 is 0 Å². The van der Waals surface area contributed by atoms with Crippen LogP contribution in [0.5, 0.6) is 0 Å². The highest BCUT2D eigenvalue weighted by atomic mass is 32.2. The van der Waals surface area contributed by atoms with Crippen molar-refractivity contribution in [1.29, 1.82) is 0 Å². The number of benzene rings is 1. The zero-order chi connectivity index (χ0) is 22.0. The van der Waals surface area contributed by atoms with Gasteiger partial charge in [0.25, 0.3) is 0 Å². The van der Waals surface area contributed by atoms with Gasteiger partial charge in [-0.3, -0.25) is 9.59 Å². The minimum Gasteiger partial charge on any atom is -0.369 e. The van der Waals surface area contributed by atoms with E-state index in [9.17, 15) is 18.0 Å². The molecule has 10 nitrogen and oxygen atoms in total. The predicted molar refractivity (Wildman–Crippen MR) is 113 cm³/mol. The number of aromatic nitrogens is 3. The first-order valence-corrected chi connectivity index (χ1v) is 12.2. The predicted octanol–water partition coefficient (Wildman–Crippen LogP) is 0.720. The molecule has 3 heterocycles. The molecule has 2 N–H and O–H groups in total. The van der Waals surface area contributed by atoms with Crippen molar-refractivity contribution in [2.75, 3.05) is 26.2 Å². The minimum absolute atomic E-state index is 0.0614. The normalized spacial score (nSPS) is 18.6. The number of carbonyl (C=O) groups excluding carboxylic acids is 2. The van der Waals surface area contributed by atoms with E-state index in [1.807, 2.05) is 0 Å². The van der Waals surface area contributed by atoms with Crippen LogP contribution in [0.2, 0.25) is 0 Å². The lowest BCUT2D eigenvalue weighted by Crippen LogP contribution is -2.41. The third-order valence-corrected chi connectivity index (χ3v) is 8.09. The molecule has 4 rings (SSSR count). The summed E-state index contributed by atoms with van der Waals surface area (Å²) in [7, 11) is -3.49. The quantitative estimate of drug-likeness (QED) is 0.664. The third-order valence-electron chi connectivity index (χ3n) is 6.20. The van der Waals surface area contributed by atoms with Gasteiger partial charge in [0.1, 0.15) is 5.52 Å². The Hall–Kier alpha value is -2.53. The van der Waals surface area contributed by atoms with Crippen LogP contribution in [0.15, 0.2) is 23.1 Å². The Morgan fingerprint density at radius 3 is 2.48 bits per heavy atom. The molecule has 1 aromatic carbocycles. The average Bonchev–Trinajstić information content (AvgIpc) is 3.44. The molecule has 0 radical (unpaired) electrons. The first-order chi connectivity index (χ1) is 14.9. The summed E-state index contributed by atoms with van der Waals surface area (Å²) in [6.45, 7) is 2.75. The van der Waals surface area contributed by atoms with Crippen LogP contribution in [0.4, 0.5) is 0 Å². The molecule has 31 heavy (non-hydrogen) atoms. The monoisotopic (exact) mass is 448 g/mol. The van der Waals surface area contributed by atoms with Crippen molar-refractivity contribution in [2.45, 2.75) is 50.0 Å². The minimum atomic E-state index is -3.49. The standard InChI is InChI=1S/C20H28N6O4S/c21-20(28)15-7-12-24(13-8-15)19(27)4-3-11-26-18-6-5-16(14-17(18)22-23-26)31(29,30)25-9-1-2-10-25/h5-6,14-15H,1-4,7-13H2,(H2,21,28). The van der Waals surface area contributed by atoms with Crippen LogP contribution in [0.1, 0.15) is 38.5 Å². The molecule has 0 atom stereocenters. The molecular weight excluding hydrogens is 420 g/mol. The van der Waals surface area contributed by atoms with Gasteiger partial charge in [-0.2, -0.15) is 4.31 Å². The molecule has 2 aromatic rings. The molecular formula is C20H28N6O4S. The fraction of sp³-hybridized carbons (Fsp3) is 0.600. The van der Waals surface area contributed by atoms with E-state index in [4.69, 9.17) is 5.73 Å². The second-order valence-corrected chi connectivity index (χ2v) is 10.2. The number of hydrogen-bond acceptors (Lipinski definition) is 6. The van der Waals surface area contributed by atoms with Crippen molar-refractivity contribution in [3.8, 4) is 0 Å². The van der Waals surface area contributed by atoms with Crippen LogP contribution in [0, 0.1) is 5.92 Å². The summed E-state index contributed by atoms with van der Waals surface area (Å²) in [5, 5.41) is 8.26. The smallest absolute Gasteiger partial charge is 0.243 e. The lowest BCUT2D eigenvalue weighted by atomic mass is 9.96. The second kappa shape index (κ2) is 8.91. The molecule has 11 heteroatoms. The SMILES string of the molecule is NC(=O)C1CCN(C(=O)CCCn2nnc3cc(S(=O)(=O)N4CCCC4)ccc32)CC1. The Balaban J connectivity index is 1.34. The molecule has 1 aromatic heterocycles. The Morgan fingerprint density at radius 1 is 1.10 bits per heavy atom. The van der Waals surface area contributed by atoms with Crippen molar-refractivity contribution in [3.05, 3.63) is 18.2 Å². The average molecular weight is 449 g/mol. The molecule has 0 aliphatic carbocycles. The van der Waals surface area contributed by atoms with E-state index in [0.29, 0.717) is 63.9 Å². The Labute approximate surface area is 181 Å². The maximum atomic E-state index is 12.7. The summed E-state index contributed by atoms with van der Waals surface area (Å²) in [5.74, 6) is -0.363. The first-order valence-electron chi connectivity index (χ1n) is 10.8. The number of nitrogens with two attached hydrogens (primary N) is 1. The Kier molecular flexibility index (Phi) is 6.24. The number of likely N-dealkylation sites (tertiary alicyclic amines) is 1. The molecule has 2 aliphatic heterocycles. The van der Waals surface area contributed by atoms with E-state index in [-0.39, 0.29) is 22.6 Å². The summed E-state index contributed by atoms with van der Waals surface area (Å²) < 4.78 is 28.7. The summed E-state index contributed by atoms with van der Waals surface area (Å²) in [5.41, 5.74) is 6.61. The third kappa shape index (κ3) is 4.57. The molecule has 2 saturated heterocycles. The van der Waals surface area contributed by atoms with Gasteiger partial charge in [0.05, 0.1) is 10.4 Å². The number of piperidine rings is 1. The summed E-state index contributed by atoms with van der Waals surface area (Å²) in [6, 6.07) is 4.90. The van der Waals surface area contributed by atoms with Gasteiger partial charge in [-0.25, -0.2) is 13.1 Å². The topological polar surface area (TPSA) is 131 Å². The molecule has 0 bridgehead atoms. The zero-order valence-electron chi connectivity index (χ0n) is 17.4. The van der Waals surface area contributed by atoms with Crippen LogP contribution < -0.4 is 5.73 Å². The number of carbonyl (C=O) groups is 2. The van der Waals surface area contributed by atoms with Crippen LogP contribution in [-0.2, 0) is 26.2 Å². The van der Waals surface area contributed by atoms with E-state index < -0.39 is 10.0 Å². The van der Waals surface area contributed by atoms with Gasteiger partial charge in [-0.05, 0) is 50.3 Å². The maximum Gasteiger partial charge on any atom is 0.243 e. The highest BCUT2D eigenvalue weighted by molar-refractivity contribution is 7.89. The zero-order valence-corrected chi connectivity index (χ0v) is 18.3. The second-order valence-electron chi connectivity index (χ2n) is 8.24. The number of primary amides is 1. The maximum absolute atomic E-state index is 12.7. The molecule has 0 unspecified atom stereocenters. The Bertz CT molecular complexity index is 1070. The molecule has 2 fully saturated rings. The number of aryl methyl sites for hydroxylation is 1. The first kappa shape index (κ1) is 21.7. The Morgan fingerprint density at radius 2 is 1.81 bits per heavy atom. The van der Waals surface area contributed by atoms with Gasteiger partial charge in [0.2, 0.25) is 21.8 Å². The van der Waals surface area contributed by atoms with E-state index >= 15 is 0 Å². The van der Waals surface area contributed by atoms with Crippen molar-refractivity contribution < 1.29 is 18.0 Å². The fourth-order valence-corrected chi connectivity index (χ4v) is 5.84. The summed E-state index contributed by atoms with van der Waals surface area (Å²) in [4.78, 5) is 25.7. The molecule has 2 aliphatic rings. The van der Waals surface area contributed by atoms with Crippen molar-refractivity contribution >= 4 is 32.9 Å². The van der Waals surface area contributed by atoms with Crippen molar-refractivity contribution in [3.63, 3.8) is 0 Å². The summed E-state index contributed by atoms with van der Waals surface area (Å²) >= 11 is 0.